The van der Waals surface area contributed by atoms with Crippen molar-refractivity contribution in [2.45, 2.75) is 45.6 Å². The molecule has 1 unspecified atom stereocenters. The summed E-state index contributed by atoms with van der Waals surface area (Å²) in [7, 11) is 0. The number of fused-ring (bicyclic) bond motifs is 1. The van der Waals surface area contributed by atoms with Gasteiger partial charge in [-0.15, -0.1) is 0 Å². The Hall–Kier alpha value is -2.85. The summed E-state index contributed by atoms with van der Waals surface area (Å²) in [5.41, 5.74) is 2.96. The zero-order chi connectivity index (χ0) is 26.1. The molecule has 0 bridgehead atoms. The highest BCUT2D eigenvalue weighted by atomic mass is 79.9. The number of dihydropyridines is 1. The van der Waals surface area contributed by atoms with E-state index in [2.05, 4.69) is 31.3 Å². The molecule has 0 spiro atoms. The van der Waals surface area contributed by atoms with Gasteiger partial charge in [-0.2, -0.15) is 5.10 Å². The average Bonchev–Trinajstić information content (AvgIpc) is 3.31. The van der Waals surface area contributed by atoms with Crippen LogP contribution >= 0.6 is 15.9 Å². The summed E-state index contributed by atoms with van der Waals surface area (Å²) < 4.78 is 8.17. The molecule has 2 saturated heterocycles. The van der Waals surface area contributed by atoms with Gasteiger partial charge in [-0.3, -0.25) is 19.1 Å². The van der Waals surface area contributed by atoms with Gasteiger partial charge in [0.2, 0.25) is 5.91 Å². The van der Waals surface area contributed by atoms with Crippen molar-refractivity contribution >= 4 is 50.3 Å². The van der Waals surface area contributed by atoms with E-state index in [0.717, 1.165) is 46.6 Å². The maximum atomic E-state index is 13.2. The Kier molecular flexibility index (Phi) is 7.57. The molecule has 1 aromatic heterocycles. The maximum absolute atomic E-state index is 13.2. The highest BCUT2D eigenvalue weighted by Gasteiger charge is 2.31. The van der Waals surface area contributed by atoms with Gasteiger partial charge in [0.25, 0.3) is 11.8 Å². The van der Waals surface area contributed by atoms with Crippen molar-refractivity contribution in [1.29, 1.82) is 0 Å². The summed E-state index contributed by atoms with van der Waals surface area (Å²) in [6, 6.07) is 3.91. The first-order chi connectivity index (χ1) is 17.8. The molecule has 2 aromatic rings. The minimum Gasteiger partial charge on any atom is -0.381 e. The standard InChI is InChI=1S/C27H32BrN5O4/c1-16-11-17(2)31-26(35)22(16)14-29-25(34)21-12-19(28)13-24-23(21)15-30-33(24)20-3-7-32(8-4-20)27(36)18-5-9-37-10-6-18/h11-13,15,18,20,22H,3-10,14H2,1-2H3,(H,29,34). The van der Waals surface area contributed by atoms with Gasteiger partial charge >= 0.3 is 0 Å². The molecule has 9 nitrogen and oxygen atoms in total. The summed E-state index contributed by atoms with van der Waals surface area (Å²) in [5, 5.41) is 8.34. The predicted octanol–water partition coefficient (Wildman–Crippen LogP) is 3.68. The number of hydrogen-bond donors (Lipinski definition) is 1. The van der Waals surface area contributed by atoms with Gasteiger partial charge in [-0.25, -0.2) is 4.99 Å². The van der Waals surface area contributed by atoms with E-state index in [1.165, 1.54) is 0 Å². The van der Waals surface area contributed by atoms with Crippen LogP contribution in [0.25, 0.3) is 10.9 Å². The molecule has 3 aliphatic heterocycles. The number of benzene rings is 1. The lowest BCUT2D eigenvalue weighted by Crippen LogP contribution is -2.43. The van der Waals surface area contributed by atoms with Crippen molar-refractivity contribution in [3.8, 4) is 0 Å². The van der Waals surface area contributed by atoms with E-state index in [9.17, 15) is 14.4 Å². The summed E-state index contributed by atoms with van der Waals surface area (Å²) in [4.78, 5) is 44.5. The lowest BCUT2D eigenvalue weighted by molar-refractivity contribution is -0.139. The molecule has 196 valence electrons. The molecular weight excluding hydrogens is 538 g/mol. The smallest absolute Gasteiger partial charge is 0.254 e. The number of carbonyl (C=O) groups excluding carboxylic acids is 3. The Bertz CT molecular complexity index is 1290. The van der Waals surface area contributed by atoms with Crippen LogP contribution in [-0.4, -0.2) is 71.0 Å². The van der Waals surface area contributed by atoms with E-state index in [1.54, 1.807) is 19.2 Å². The third-order valence-electron chi connectivity index (χ3n) is 7.66. The Balaban J connectivity index is 1.28. The van der Waals surface area contributed by atoms with Crippen LogP contribution in [0.5, 0.6) is 0 Å². The first-order valence-electron chi connectivity index (χ1n) is 12.9. The molecule has 0 saturated carbocycles. The van der Waals surface area contributed by atoms with Crippen LogP contribution in [0.3, 0.4) is 0 Å². The number of carbonyl (C=O) groups is 3. The second-order valence-corrected chi connectivity index (χ2v) is 11.1. The second kappa shape index (κ2) is 10.9. The molecule has 1 aromatic carbocycles. The number of halogens is 1. The van der Waals surface area contributed by atoms with Crippen LogP contribution in [0.4, 0.5) is 0 Å². The lowest BCUT2D eigenvalue weighted by atomic mass is 9.95. The average molecular weight is 570 g/mol. The van der Waals surface area contributed by atoms with E-state index >= 15 is 0 Å². The SMILES string of the molecule is CC1=CC(C)=NC(=O)C1CNC(=O)c1cc(Br)cc2c1cnn2C1CCN(C(=O)C2CCOCC2)CC1. The number of piperidine rings is 1. The molecule has 1 N–H and O–H groups in total. The number of ether oxygens (including phenoxy) is 1. The largest absolute Gasteiger partial charge is 0.381 e. The van der Waals surface area contributed by atoms with Crippen LogP contribution in [-0.2, 0) is 14.3 Å². The molecule has 4 heterocycles. The third-order valence-corrected chi connectivity index (χ3v) is 8.11. The quantitative estimate of drug-likeness (QED) is 0.591. The van der Waals surface area contributed by atoms with Gasteiger partial charge in [0.15, 0.2) is 0 Å². The fourth-order valence-electron chi connectivity index (χ4n) is 5.57. The van der Waals surface area contributed by atoms with Gasteiger partial charge in [-0.05, 0) is 57.7 Å². The highest BCUT2D eigenvalue weighted by molar-refractivity contribution is 9.10. The summed E-state index contributed by atoms with van der Waals surface area (Å²) in [6.45, 7) is 6.60. The van der Waals surface area contributed by atoms with Gasteiger partial charge in [-0.1, -0.05) is 21.5 Å². The minimum atomic E-state index is -0.452. The Morgan fingerprint density at radius 1 is 1.14 bits per heavy atom. The number of hydrogen-bond acceptors (Lipinski definition) is 5. The summed E-state index contributed by atoms with van der Waals surface area (Å²) in [5.74, 6) is -0.615. The van der Waals surface area contributed by atoms with Crippen LogP contribution in [0, 0.1) is 11.8 Å². The highest BCUT2D eigenvalue weighted by Crippen LogP contribution is 2.31. The van der Waals surface area contributed by atoms with Crippen molar-refractivity contribution in [2.24, 2.45) is 16.8 Å². The van der Waals surface area contributed by atoms with Crippen LogP contribution in [0.1, 0.15) is 55.9 Å². The summed E-state index contributed by atoms with van der Waals surface area (Å²) >= 11 is 3.56. The number of aliphatic imine (C=N–C) groups is 1. The molecule has 0 radical (unpaired) electrons. The number of amides is 3. The third kappa shape index (κ3) is 5.40. The molecule has 0 aliphatic carbocycles. The minimum absolute atomic E-state index is 0.0758. The molecule has 10 heteroatoms. The first-order valence-corrected chi connectivity index (χ1v) is 13.7. The zero-order valence-electron chi connectivity index (χ0n) is 21.2. The number of allylic oxidation sites excluding steroid dienone is 1. The number of nitrogens with one attached hydrogen (secondary N) is 1. The molecule has 3 amide bonds. The molecule has 5 rings (SSSR count). The fraction of sp³-hybridized carbons (Fsp3) is 0.519. The summed E-state index contributed by atoms with van der Waals surface area (Å²) in [6.07, 6.45) is 6.85. The van der Waals surface area contributed by atoms with E-state index < -0.39 is 5.92 Å². The van der Waals surface area contributed by atoms with Crippen molar-refractivity contribution < 1.29 is 19.1 Å². The monoisotopic (exact) mass is 569 g/mol. The van der Waals surface area contributed by atoms with Crippen LogP contribution in [0.2, 0.25) is 0 Å². The van der Waals surface area contributed by atoms with Gasteiger partial charge in [0.05, 0.1) is 29.2 Å². The van der Waals surface area contributed by atoms with E-state index in [4.69, 9.17) is 4.74 Å². The normalized spacial score (nSPS) is 21.6. The van der Waals surface area contributed by atoms with E-state index in [0.29, 0.717) is 37.6 Å². The topological polar surface area (TPSA) is 106 Å². The number of aromatic nitrogens is 2. The molecule has 1 atom stereocenters. The number of likely N-dealkylation sites (tertiary alicyclic amines) is 1. The molecule has 2 fully saturated rings. The number of rotatable bonds is 5. The first kappa shape index (κ1) is 25.8. The van der Waals surface area contributed by atoms with E-state index in [-0.39, 0.29) is 36.2 Å². The van der Waals surface area contributed by atoms with Crippen molar-refractivity contribution in [2.75, 3.05) is 32.8 Å². The Morgan fingerprint density at radius 3 is 2.57 bits per heavy atom. The maximum Gasteiger partial charge on any atom is 0.254 e. The Labute approximate surface area is 224 Å². The second-order valence-electron chi connectivity index (χ2n) is 10.2. The fourth-order valence-corrected chi connectivity index (χ4v) is 6.02. The van der Waals surface area contributed by atoms with Gasteiger partial charge in [0, 0.05) is 54.3 Å². The van der Waals surface area contributed by atoms with Crippen LogP contribution < -0.4 is 5.32 Å². The zero-order valence-corrected chi connectivity index (χ0v) is 22.8. The predicted molar refractivity (Wildman–Crippen MR) is 144 cm³/mol. The van der Waals surface area contributed by atoms with Crippen molar-refractivity contribution in [3.05, 3.63) is 40.0 Å². The molecular formula is C27H32BrN5O4. The van der Waals surface area contributed by atoms with Crippen molar-refractivity contribution in [3.63, 3.8) is 0 Å². The Morgan fingerprint density at radius 2 is 1.86 bits per heavy atom. The van der Waals surface area contributed by atoms with Crippen LogP contribution in [0.15, 0.2) is 39.4 Å². The van der Waals surface area contributed by atoms with Gasteiger partial charge in [0.1, 0.15) is 0 Å². The van der Waals surface area contributed by atoms with E-state index in [1.807, 2.05) is 28.6 Å². The molecule has 37 heavy (non-hydrogen) atoms. The molecule has 3 aliphatic rings. The number of nitrogens with zero attached hydrogens (tertiary/aromatic N) is 4. The lowest BCUT2D eigenvalue weighted by Gasteiger charge is -2.35. The van der Waals surface area contributed by atoms with Crippen molar-refractivity contribution in [1.82, 2.24) is 20.0 Å². The van der Waals surface area contributed by atoms with Gasteiger partial charge < -0.3 is 15.0 Å².